The standard InChI is InChI=1S/C31H48O6/c1-17(2)9-8-10-20(28(35)36)26-22-15-24(34)27-29(5)13-12-23(33)18(3)21(29)11-14-30(27,6)31(22,7)16-25(26)37-19(4)32/h9,18,21-25,27,33-34H,8,10-16H2,1-7H3,(H,35,36)/t18?,21?,22-,23?,24?,25?,27-,29+,30-,31-/m1/s1. The molecule has 208 valence electrons. The Morgan fingerprint density at radius 3 is 2.30 bits per heavy atom. The molecule has 5 unspecified atom stereocenters. The molecule has 0 aliphatic heterocycles. The van der Waals surface area contributed by atoms with Gasteiger partial charge >= 0.3 is 11.9 Å². The van der Waals surface area contributed by atoms with Crippen LogP contribution in [0.5, 0.6) is 0 Å². The van der Waals surface area contributed by atoms with Gasteiger partial charge in [0.2, 0.25) is 0 Å². The lowest BCUT2D eigenvalue weighted by molar-refractivity contribution is -0.234. The number of hydrogen-bond acceptors (Lipinski definition) is 5. The first-order chi connectivity index (χ1) is 17.2. The number of carboxylic acid groups (broad SMARTS) is 1. The highest BCUT2D eigenvalue weighted by molar-refractivity contribution is 5.88. The number of rotatable bonds is 5. The molecule has 0 saturated heterocycles. The van der Waals surface area contributed by atoms with Crippen LogP contribution in [0.2, 0.25) is 0 Å². The van der Waals surface area contributed by atoms with Gasteiger partial charge in [0.1, 0.15) is 6.10 Å². The van der Waals surface area contributed by atoms with Crippen LogP contribution in [0.3, 0.4) is 0 Å². The van der Waals surface area contributed by atoms with Gasteiger partial charge in [0.25, 0.3) is 0 Å². The molecule has 0 spiro atoms. The van der Waals surface area contributed by atoms with E-state index in [-0.39, 0.29) is 40.1 Å². The normalized spacial score (nSPS) is 46.2. The van der Waals surface area contributed by atoms with Gasteiger partial charge < -0.3 is 20.1 Å². The van der Waals surface area contributed by atoms with E-state index in [4.69, 9.17) is 4.74 Å². The Morgan fingerprint density at radius 1 is 1.03 bits per heavy atom. The molecule has 0 aromatic heterocycles. The van der Waals surface area contributed by atoms with E-state index in [2.05, 4.69) is 27.7 Å². The van der Waals surface area contributed by atoms with E-state index in [0.717, 1.165) is 36.8 Å². The van der Waals surface area contributed by atoms with Gasteiger partial charge in [0.15, 0.2) is 0 Å². The average molecular weight is 517 g/mol. The average Bonchev–Trinajstić information content (AvgIpc) is 3.05. The summed E-state index contributed by atoms with van der Waals surface area (Å²) in [5, 5.41) is 32.9. The Labute approximate surface area is 222 Å². The van der Waals surface area contributed by atoms with E-state index in [1.807, 2.05) is 19.9 Å². The van der Waals surface area contributed by atoms with Crippen molar-refractivity contribution in [3.05, 3.63) is 22.8 Å². The molecule has 0 bridgehead atoms. The molecule has 0 heterocycles. The van der Waals surface area contributed by atoms with Crippen LogP contribution in [-0.4, -0.2) is 45.6 Å². The molecule has 0 aromatic carbocycles. The Kier molecular flexibility index (Phi) is 7.53. The molecule has 0 radical (unpaired) electrons. The minimum Gasteiger partial charge on any atom is -0.478 e. The van der Waals surface area contributed by atoms with Crippen LogP contribution in [0.15, 0.2) is 22.8 Å². The molecule has 4 aliphatic rings. The van der Waals surface area contributed by atoms with Crippen molar-refractivity contribution in [2.45, 2.75) is 118 Å². The van der Waals surface area contributed by atoms with Gasteiger partial charge in [-0.2, -0.15) is 0 Å². The van der Waals surface area contributed by atoms with E-state index >= 15 is 0 Å². The number of carboxylic acids is 1. The van der Waals surface area contributed by atoms with E-state index in [1.165, 1.54) is 6.92 Å². The second kappa shape index (κ2) is 9.82. The second-order valence-electron chi connectivity index (χ2n) is 13.6. The summed E-state index contributed by atoms with van der Waals surface area (Å²) in [7, 11) is 0. The first kappa shape index (κ1) is 28.4. The zero-order valence-corrected chi connectivity index (χ0v) is 23.8. The minimum absolute atomic E-state index is 0.0474. The number of carbonyl (C=O) groups is 2. The molecule has 3 N–H and O–H groups in total. The third-order valence-electron chi connectivity index (χ3n) is 11.6. The van der Waals surface area contributed by atoms with E-state index in [9.17, 15) is 24.9 Å². The van der Waals surface area contributed by atoms with Crippen molar-refractivity contribution >= 4 is 11.9 Å². The van der Waals surface area contributed by atoms with Crippen LogP contribution in [0.4, 0.5) is 0 Å². The number of aliphatic hydroxyl groups is 2. The molecule has 4 rings (SSSR count). The zero-order chi connectivity index (χ0) is 27.5. The van der Waals surface area contributed by atoms with Crippen molar-refractivity contribution in [2.75, 3.05) is 0 Å². The molecule has 6 nitrogen and oxygen atoms in total. The third-order valence-corrected chi connectivity index (χ3v) is 11.6. The van der Waals surface area contributed by atoms with Crippen molar-refractivity contribution in [3.63, 3.8) is 0 Å². The minimum atomic E-state index is -0.953. The summed E-state index contributed by atoms with van der Waals surface area (Å²) < 4.78 is 5.87. The summed E-state index contributed by atoms with van der Waals surface area (Å²) in [5.41, 5.74) is 1.57. The Hall–Kier alpha value is -1.66. The molecule has 0 amide bonds. The largest absolute Gasteiger partial charge is 0.478 e. The number of allylic oxidation sites excluding steroid dienone is 2. The van der Waals surface area contributed by atoms with E-state index in [1.54, 1.807) is 0 Å². The Morgan fingerprint density at radius 2 is 1.70 bits per heavy atom. The Bertz CT molecular complexity index is 994. The monoisotopic (exact) mass is 516 g/mol. The predicted molar refractivity (Wildman–Crippen MR) is 143 cm³/mol. The van der Waals surface area contributed by atoms with Crippen molar-refractivity contribution in [2.24, 2.45) is 39.9 Å². The molecule has 4 fully saturated rings. The smallest absolute Gasteiger partial charge is 0.331 e. The summed E-state index contributed by atoms with van der Waals surface area (Å²) in [4.78, 5) is 24.8. The van der Waals surface area contributed by atoms with Crippen LogP contribution in [0.1, 0.15) is 99.8 Å². The maximum Gasteiger partial charge on any atom is 0.331 e. The molecule has 0 aromatic rings. The highest BCUT2D eigenvalue weighted by Crippen LogP contribution is 2.74. The lowest BCUT2D eigenvalue weighted by Gasteiger charge is -2.69. The van der Waals surface area contributed by atoms with E-state index < -0.39 is 24.1 Å². The van der Waals surface area contributed by atoms with Crippen LogP contribution in [0.25, 0.3) is 0 Å². The first-order valence-corrected chi connectivity index (χ1v) is 14.3. The Balaban J connectivity index is 1.82. The van der Waals surface area contributed by atoms with Gasteiger partial charge in [-0.05, 0) is 111 Å². The molecular formula is C31H48O6. The highest BCUT2D eigenvalue weighted by Gasteiger charge is 2.70. The predicted octanol–water partition coefficient (Wildman–Crippen LogP) is 5.67. The van der Waals surface area contributed by atoms with Gasteiger partial charge in [-0.3, -0.25) is 4.79 Å². The van der Waals surface area contributed by atoms with Crippen molar-refractivity contribution in [1.82, 2.24) is 0 Å². The maximum absolute atomic E-state index is 12.6. The molecule has 37 heavy (non-hydrogen) atoms. The zero-order valence-electron chi connectivity index (χ0n) is 23.8. The number of ether oxygens (including phenoxy) is 1. The number of esters is 1. The molecule has 6 heteroatoms. The van der Waals surface area contributed by atoms with Crippen LogP contribution in [-0.2, 0) is 14.3 Å². The summed E-state index contributed by atoms with van der Waals surface area (Å²) in [6.07, 6.45) is 6.22. The quantitative estimate of drug-likeness (QED) is 0.247. The summed E-state index contributed by atoms with van der Waals surface area (Å²) >= 11 is 0. The van der Waals surface area contributed by atoms with Crippen molar-refractivity contribution in [3.8, 4) is 0 Å². The van der Waals surface area contributed by atoms with Gasteiger partial charge in [-0.1, -0.05) is 39.3 Å². The highest BCUT2D eigenvalue weighted by atomic mass is 16.5. The second-order valence-corrected chi connectivity index (χ2v) is 13.6. The van der Waals surface area contributed by atoms with E-state index in [0.29, 0.717) is 37.2 Å². The van der Waals surface area contributed by atoms with Gasteiger partial charge in [-0.25, -0.2) is 4.79 Å². The van der Waals surface area contributed by atoms with Gasteiger partial charge in [0.05, 0.1) is 12.2 Å². The van der Waals surface area contributed by atoms with Crippen LogP contribution < -0.4 is 0 Å². The molecule has 10 atom stereocenters. The van der Waals surface area contributed by atoms with Crippen LogP contribution >= 0.6 is 0 Å². The maximum atomic E-state index is 12.6. The number of carbonyl (C=O) groups excluding carboxylic acids is 1. The summed E-state index contributed by atoms with van der Waals surface area (Å²) in [6.45, 7) is 14.5. The molecule has 4 aliphatic carbocycles. The number of aliphatic hydroxyl groups excluding tert-OH is 2. The topological polar surface area (TPSA) is 104 Å². The van der Waals surface area contributed by atoms with Gasteiger partial charge in [0, 0.05) is 12.5 Å². The SMILES string of the molecule is CC(=O)OC1C[C@]2(C)[C@H](CC(O)[C@@H]3[C@@]4(C)CCC(O)C(C)C4CC[C@]32C)C1=C(CCC=C(C)C)C(=O)O. The number of hydrogen-bond donors (Lipinski definition) is 3. The third kappa shape index (κ3) is 4.40. The fourth-order valence-corrected chi connectivity index (χ4v) is 9.79. The summed E-state index contributed by atoms with van der Waals surface area (Å²) in [6, 6.07) is 0. The molecular weight excluding hydrogens is 468 g/mol. The van der Waals surface area contributed by atoms with Crippen LogP contribution in [0, 0.1) is 39.9 Å². The van der Waals surface area contributed by atoms with Crippen molar-refractivity contribution < 1.29 is 29.6 Å². The number of fused-ring (bicyclic) bond motifs is 5. The fourth-order valence-electron chi connectivity index (χ4n) is 9.79. The fraction of sp³-hybridized carbons (Fsp3) is 0.806. The summed E-state index contributed by atoms with van der Waals surface area (Å²) in [5.74, 6) is -0.909. The lowest BCUT2D eigenvalue weighted by atomic mass is 9.36. The first-order valence-electron chi connectivity index (χ1n) is 14.3. The molecule has 4 saturated carbocycles. The van der Waals surface area contributed by atoms with Gasteiger partial charge in [-0.15, -0.1) is 0 Å². The number of aliphatic carboxylic acids is 1. The lowest BCUT2D eigenvalue weighted by Crippen LogP contribution is -2.65. The van der Waals surface area contributed by atoms with Crippen molar-refractivity contribution in [1.29, 1.82) is 0 Å².